The summed E-state index contributed by atoms with van der Waals surface area (Å²) in [4.78, 5) is 13.2. The molecule has 0 radical (unpaired) electrons. The minimum atomic E-state index is -0.501. The number of hydrogen-bond acceptors (Lipinski definition) is 4. The number of rotatable bonds is 2. The van der Waals surface area contributed by atoms with Crippen LogP contribution in [0.15, 0.2) is 54.0 Å². The summed E-state index contributed by atoms with van der Waals surface area (Å²) < 4.78 is 0. The van der Waals surface area contributed by atoms with Gasteiger partial charge in [-0.25, -0.2) is 0 Å². The van der Waals surface area contributed by atoms with Crippen LogP contribution in [0.4, 0.5) is 5.13 Å². The van der Waals surface area contributed by atoms with Crippen LogP contribution in [-0.4, -0.2) is 16.1 Å². The number of carbonyl (C=O) groups is 1. The Morgan fingerprint density at radius 2 is 1.68 bits per heavy atom. The lowest BCUT2D eigenvalue weighted by Gasteiger charge is -2.50. The van der Waals surface area contributed by atoms with E-state index in [2.05, 4.69) is 71.0 Å². The summed E-state index contributed by atoms with van der Waals surface area (Å²) in [5.41, 5.74) is 6.44. The minimum Gasteiger partial charge on any atom is -0.300 e. The SMILES string of the molecule is CC1(C(=O)Nc2nncs2)CC2c3ccccc3C1c1ccccc12. The Balaban J connectivity index is 1.65. The maximum Gasteiger partial charge on any atom is 0.233 e. The summed E-state index contributed by atoms with van der Waals surface area (Å²) in [5.74, 6) is 0.364. The molecule has 1 amide bonds. The summed E-state index contributed by atoms with van der Waals surface area (Å²) in [5, 5.41) is 11.3. The largest absolute Gasteiger partial charge is 0.300 e. The Kier molecular flexibility index (Phi) is 3.09. The third kappa shape index (κ3) is 2.02. The highest BCUT2D eigenvalue weighted by Gasteiger charge is 2.53. The van der Waals surface area contributed by atoms with Gasteiger partial charge in [-0.05, 0) is 35.6 Å². The van der Waals surface area contributed by atoms with Crippen molar-refractivity contribution in [2.45, 2.75) is 25.2 Å². The van der Waals surface area contributed by atoms with Crippen LogP contribution in [-0.2, 0) is 4.79 Å². The number of nitrogens with one attached hydrogen (secondary N) is 1. The average molecular weight is 347 g/mol. The summed E-state index contributed by atoms with van der Waals surface area (Å²) in [6, 6.07) is 17.1. The van der Waals surface area contributed by atoms with Crippen molar-refractivity contribution in [3.8, 4) is 0 Å². The Bertz CT molecular complexity index is 921. The Hall–Kier alpha value is -2.53. The van der Waals surface area contributed by atoms with Crippen molar-refractivity contribution in [1.29, 1.82) is 0 Å². The fraction of sp³-hybridized carbons (Fsp3) is 0.250. The summed E-state index contributed by atoms with van der Waals surface area (Å²) in [6.07, 6.45) is 0.816. The van der Waals surface area contributed by atoms with Crippen molar-refractivity contribution in [2.75, 3.05) is 5.32 Å². The zero-order valence-corrected chi connectivity index (χ0v) is 14.6. The molecule has 2 bridgehead atoms. The van der Waals surface area contributed by atoms with E-state index in [0.717, 1.165) is 6.42 Å². The normalized spacial score (nSPS) is 26.0. The topological polar surface area (TPSA) is 54.9 Å². The predicted molar refractivity (Wildman–Crippen MR) is 97.8 cm³/mol. The molecule has 0 fully saturated rings. The van der Waals surface area contributed by atoms with E-state index >= 15 is 0 Å². The van der Waals surface area contributed by atoms with Crippen LogP contribution in [0.2, 0.25) is 0 Å². The number of anilines is 1. The molecule has 1 heterocycles. The molecule has 6 rings (SSSR count). The molecule has 4 nitrogen and oxygen atoms in total. The van der Waals surface area contributed by atoms with Crippen LogP contribution < -0.4 is 5.32 Å². The van der Waals surface area contributed by atoms with Crippen molar-refractivity contribution >= 4 is 22.4 Å². The van der Waals surface area contributed by atoms with Gasteiger partial charge in [-0.1, -0.05) is 59.9 Å². The molecule has 124 valence electrons. The maximum atomic E-state index is 13.2. The van der Waals surface area contributed by atoms with Gasteiger partial charge in [0.2, 0.25) is 11.0 Å². The van der Waals surface area contributed by atoms with Gasteiger partial charge < -0.3 is 5.32 Å². The van der Waals surface area contributed by atoms with E-state index in [9.17, 15) is 4.79 Å². The molecule has 1 unspecified atom stereocenters. The second kappa shape index (κ2) is 5.23. The third-order valence-corrected chi connectivity index (χ3v) is 6.34. The lowest BCUT2D eigenvalue weighted by Crippen LogP contribution is -2.47. The van der Waals surface area contributed by atoms with Gasteiger partial charge in [-0.2, -0.15) is 0 Å². The molecule has 3 aliphatic carbocycles. The van der Waals surface area contributed by atoms with Gasteiger partial charge in [0.15, 0.2) is 0 Å². The molecular formula is C20H17N3OS. The molecular weight excluding hydrogens is 330 g/mol. The van der Waals surface area contributed by atoms with Crippen LogP contribution in [0.5, 0.6) is 0 Å². The molecule has 0 aliphatic heterocycles. The first kappa shape index (κ1) is 14.8. The Morgan fingerprint density at radius 3 is 2.24 bits per heavy atom. The summed E-state index contributed by atoms with van der Waals surface area (Å²) in [7, 11) is 0. The van der Waals surface area contributed by atoms with Gasteiger partial charge in [-0.3, -0.25) is 4.79 Å². The quantitative estimate of drug-likeness (QED) is 0.757. The fourth-order valence-corrected chi connectivity index (χ4v) is 5.10. The first-order valence-electron chi connectivity index (χ1n) is 8.44. The van der Waals surface area contributed by atoms with Gasteiger partial charge in [0.05, 0.1) is 5.41 Å². The molecule has 0 saturated heterocycles. The molecule has 1 aromatic heterocycles. The van der Waals surface area contributed by atoms with E-state index in [4.69, 9.17) is 0 Å². The van der Waals surface area contributed by atoms with Gasteiger partial charge >= 0.3 is 0 Å². The van der Waals surface area contributed by atoms with E-state index in [1.54, 1.807) is 5.51 Å². The average Bonchev–Trinajstić information content (AvgIpc) is 3.15. The molecule has 0 spiro atoms. The predicted octanol–water partition coefficient (Wildman–Crippen LogP) is 4.16. The highest BCUT2D eigenvalue weighted by Crippen LogP contribution is 2.61. The molecule has 3 aromatic rings. The van der Waals surface area contributed by atoms with Crippen molar-refractivity contribution in [3.63, 3.8) is 0 Å². The van der Waals surface area contributed by atoms with Gasteiger partial charge in [0.25, 0.3) is 0 Å². The number of fused-ring (bicyclic) bond motifs is 1. The number of hydrogen-bond donors (Lipinski definition) is 1. The molecule has 2 aromatic carbocycles. The van der Waals surface area contributed by atoms with Crippen LogP contribution in [0.3, 0.4) is 0 Å². The van der Waals surface area contributed by atoms with Gasteiger partial charge in [0, 0.05) is 11.8 Å². The molecule has 1 N–H and O–H groups in total. The van der Waals surface area contributed by atoms with Crippen molar-refractivity contribution in [2.24, 2.45) is 5.41 Å². The van der Waals surface area contributed by atoms with Gasteiger partial charge in [0.1, 0.15) is 5.51 Å². The lowest BCUT2D eigenvalue weighted by atomic mass is 9.52. The lowest BCUT2D eigenvalue weighted by molar-refractivity contribution is -0.126. The highest BCUT2D eigenvalue weighted by molar-refractivity contribution is 7.13. The molecule has 1 atom stereocenters. The number of amides is 1. The molecule has 25 heavy (non-hydrogen) atoms. The second-order valence-corrected chi connectivity index (χ2v) is 7.90. The van der Waals surface area contributed by atoms with E-state index in [1.165, 1.54) is 33.6 Å². The molecule has 3 aliphatic rings. The van der Waals surface area contributed by atoms with E-state index in [0.29, 0.717) is 5.13 Å². The minimum absolute atomic E-state index is 0.0308. The zero-order valence-electron chi connectivity index (χ0n) is 13.8. The zero-order chi connectivity index (χ0) is 17.0. The van der Waals surface area contributed by atoms with E-state index < -0.39 is 5.41 Å². The van der Waals surface area contributed by atoms with Crippen LogP contribution in [0.25, 0.3) is 0 Å². The standard InChI is InChI=1S/C20H17N3OS/c1-20(18(24)22-19-23-21-11-25-19)10-16-12-6-2-4-8-14(12)17(20)15-9-5-3-7-13(15)16/h2-9,11,16-17H,10H2,1H3,(H,22,23,24). The van der Waals surface area contributed by atoms with Crippen LogP contribution >= 0.6 is 11.3 Å². The highest BCUT2D eigenvalue weighted by atomic mass is 32.1. The second-order valence-electron chi connectivity index (χ2n) is 7.06. The third-order valence-electron chi connectivity index (χ3n) is 5.73. The first-order valence-corrected chi connectivity index (χ1v) is 9.32. The smallest absolute Gasteiger partial charge is 0.233 e. The summed E-state index contributed by atoms with van der Waals surface area (Å²) >= 11 is 1.35. The number of aromatic nitrogens is 2. The maximum absolute atomic E-state index is 13.2. The Morgan fingerprint density at radius 1 is 1.08 bits per heavy atom. The van der Waals surface area contributed by atoms with Crippen molar-refractivity contribution in [3.05, 3.63) is 76.3 Å². The first-order chi connectivity index (χ1) is 12.2. The summed E-state index contributed by atoms with van der Waals surface area (Å²) in [6.45, 7) is 2.09. The number of benzene rings is 2. The monoisotopic (exact) mass is 347 g/mol. The van der Waals surface area contributed by atoms with Crippen LogP contribution in [0.1, 0.15) is 47.4 Å². The number of nitrogens with zero attached hydrogens (tertiary/aromatic N) is 2. The molecule has 0 saturated carbocycles. The van der Waals surface area contributed by atoms with Crippen molar-refractivity contribution < 1.29 is 4.79 Å². The van der Waals surface area contributed by atoms with E-state index in [-0.39, 0.29) is 17.7 Å². The number of carbonyl (C=O) groups excluding carboxylic acids is 1. The molecule has 5 heteroatoms. The van der Waals surface area contributed by atoms with Crippen molar-refractivity contribution in [1.82, 2.24) is 10.2 Å². The van der Waals surface area contributed by atoms with Crippen LogP contribution in [0, 0.1) is 5.41 Å². The van der Waals surface area contributed by atoms with Gasteiger partial charge in [-0.15, -0.1) is 10.2 Å². The van der Waals surface area contributed by atoms with E-state index in [1.807, 2.05) is 0 Å². The Labute approximate surface area is 149 Å². The fourth-order valence-electron chi connectivity index (χ4n) is 4.66.